The number of likely N-dealkylation sites (tertiary alicyclic amines) is 1. The lowest BCUT2D eigenvalue weighted by molar-refractivity contribution is 0.478. The summed E-state index contributed by atoms with van der Waals surface area (Å²) in [5, 5.41) is 0. The number of hydrogen-bond donors (Lipinski definition) is 0. The van der Waals surface area contributed by atoms with Gasteiger partial charge >= 0.3 is 0 Å². The number of rotatable bonds is 2. The highest BCUT2D eigenvalue weighted by atomic mass is 15.1. The molecule has 0 spiro atoms. The summed E-state index contributed by atoms with van der Waals surface area (Å²) >= 11 is 0. The molecule has 10 heavy (non-hydrogen) atoms. The highest BCUT2D eigenvalue weighted by molar-refractivity contribution is 5.04. The van der Waals surface area contributed by atoms with Gasteiger partial charge in [0.05, 0.1) is 0 Å². The molecular formula is C9H17N. The van der Waals surface area contributed by atoms with Crippen LogP contribution >= 0.6 is 0 Å². The third-order valence-corrected chi connectivity index (χ3v) is 2.09. The summed E-state index contributed by atoms with van der Waals surface area (Å²) in [5.74, 6) is 0. The van der Waals surface area contributed by atoms with E-state index in [4.69, 9.17) is 0 Å². The highest BCUT2D eigenvalue weighted by Gasteiger charge is 2.10. The Labute approximate surface area is 63.7 Å². The van der Waals surface area contributed by atoms with Crippen molar-refractivity contribution < 1.29 is 0 Å². The molecule has 0 atom stereocenters. The van der Waals surface area contributed by atoms with E-state index >= 15 is 0 Å². The smallest absolute Gasteiger partial charge is 0.0175 e. The predicted molar refractivity (Wildman–Crippen MR) is 44.9 cm³/mol. The number of unbranched alkanes of at least 4 members (excludes halogenated alkanes) is 1. The molecule has 1 aliphatic rings. The molecule has 1 heterocycles. The Morgan fingerprint density at radius 1 is 1.60 bits per heavy atom. The summed E-state index contributed by atoms with van der Waals surface area (Å²) < 4.78 is 0. The molecule has 0 bridgehead atoms. The van der Waals surface area contributed by atoms with Crippen molar-refractivity contribution in [3.8, 4) is 0 Å². The first-order valence-corrected chi connectivity index (χ1v) is 4.24. The fourth-order valence-electron chi connectivity index (χ4n) is 1.40. The molecule has 1 rings (SSSR count). The van der Waals surface area contributed by atoms with E-state index in [0.29, 0.717) is 0 Å². The lowest BCUT2D eigenvalue weighted by Gasteiger charge is -2.11. The van der Waals surface area contributed by atoms with Crippen LogP contribution < -0.4 is 0 Å². The quantitative estimate of drug-likeness (QED) is 0.568. The molecule has 0 unspecified atom stereocenters. The van der Waals surface area contributed by atoms with Crippen molar-refractivity contribution >= 4 is 0 Å². The molecule has 0 amide bonds. The molecule has 0 aromatic carbocycles. The SMILES string of the molecule is CCCC=C1CCCN1C. The minimum atomic E-state index is 1.25. The molecule has 1 aliphatic heterocycles. The van der Waals surface area contributed by atoms with Gasteiger partial charge in [0.15, 0.2) is 0 Å². The van der Waals surface area contributed by atoms with Crippen molar-refractivity contribution in [3.05, 3.63) is 11.8 Å². The van der Waals surface area contributed by atoms with E-state index in [0.717, 1.165) is 0 Å². The van der Waals surface area contributed by atoms with Crippen molar-refractivity contribution in [2.24, 2.45) is 0 Å². The van der Waals surface area contributed by atoms with Crippen LogP contribution in [-0.4, -0.2) is 18.5 Å². The molecule has 1 heteroatoms. The van der Waals surface area contributed by atoms with Crippen LogP contribution in [0.4, 0.5) is 0 Å². The monoisotopic (exact) mass is 139 g/mol. The van der Waals surface area contributed by atoms with Crippen molar-refractivity contribution in [2.75, 3.05) is 13.6 Å². The minimum Gasteiger partial charge on any atom is -0.378 e. The Bertz CT molecular complexity index is 127. The maximum atomic E-state index is 2.38. The molecule has 0 radical (unpaired) electrons. The van der Waals surface area contributed by atoms with Crippen LogP contribution in [0.5, 0.6) is 0 Å². The van der Waals surface area contributed by atoms with Crippen LogP contribution in [0.15, 0.2) is 11.8 Å². The molecule has 1 nitrogen and oxygen atoms in total. The summed E-state index contributed by atoms with van der Waals surface area (Å²) in [6.07, 6.45) is 7.56. The first-order chi connectivity index (χ1) is 4.84. The van der Waals surface area contributed by atoms with Gasteiger partial charge in [-0.3, -0.25) is 0 Å². The molecule has 0 aromatic heterocycles. The zero-order valence-corrected chi connectivity index (χ0v) is 7.06. The van der Waals surface area contributed by atoms with E-state index in [2.05, 4.69) is 24.9 Å². The largest absolute Gasteiger partial charge is 0.378 e. The van der Waals surface area contributed by atoms with Gasteiger partial charge in [0.25, 0.3) is 0 Å². The first kappa shape index (κ1) is 7.64. The molecule has 0 N–H and O–H groups in total. The number of nitrogens with zero attached hydrogens (tertiary/aromatic N) is 1. The summed E-state index contributed by atoms with van der Waals surface area (Å²) in [5.41, 5.74) is 1.56. The summed E-state index contributed by atoms with van der Waals surface area (Å²) in [6, 6.07) is 0. The van der Waals surface area contributed by atoms with Gasteiger partial charge in [-0.2, -0.15) is 0 Å². The van der Waals surface area contributed by atoms with Gasteiger partial charge in [0, 0.05) is 19.3 Å². The van der Waals surface area contributed by atoms with Crippen molar-refractivity contribution in [1.29, 1.82) is 0 Å². The van der Waals surface area contributed by atoms with Gasteiger partial charge < -0.3 is 4.90 Å². The predicted octanol–water partition coefficient (Wildman–Crippen LogP) is 2.40. The van der Waals surface area contributed by atoms with Crippen molar-refractivity contribution in [1.82, 2.24) is 4.90 Å². The fourth-order valence-corrected chi connectivity index (χ4v) is 1.40. The Morgan fingerprint density at radius 3 is 2.90 bits per heavy atom. The maximum absolute atomic E-state index is 2.38. The van der Waals surface area contributed by atoms with Gasteiger partial charge in [0.1, 0.15) is 0 Å². The molecular weight excluding hydrogens is 122 g/mol. The van der Waals surface area contributed by atoms with Crippen LogP contribution in [0.2, 0.25) is 0 Å². The van der Waals surface area contributed by atoms with E-state index in [9.17, 15) is 0 Å². The Kier molecular flexibility index (Phi) is 2.79. The molecule has 0 aromatic rings. The Morgan fingerprint density at radius 2 is 2.40 bits per heavy atom. The van der Waals surface area contributed by atoms with Crippen LogP contribution in [0.3, 0.4) is 0 Å². The second-order valence-corrected chi connectivity index (χ2v) is 3.01. The maximum Gasteiger partial charge on any atom is 0.0175 e. The van der Waals surface area contributed by atoms with Crippen LogP contribution in [0.1, 0.15) is 32.6 Å². The Hall–Kier alpha value is -0.460. The van der Waals surface area contributed by atoms with Crippen LogP contribution in [0, 0.1) is 0 Å². The van der Waals surface area contributed by atoms with Gasteiger partial charge in [-0.25, -0.2) is 0 Å². The molecule has 58 valence electrons. The normalized spacial score (nSPS) is 22.6. The van der Waals surface area contributed by atoms with Crippen molar-refractivity contribution in [3.63, 3.8) is 0 Å². The highest BCUT2D eigenvalue weighted by Crippen LogP contribution is 2.18. The summed E-state index contributed by atoms with van der Waals surface area (Å²) in [7, 11) is 2.19. The van der Waals surface area contributed by atoms with E-state index in [-0.39, 0.29) is 0 Å². The minimum absolute atomic E-state index is 1.25. The van der Waals surface area contributed by atoms with Crippen LogP contribution in [-0.2, 0) is 0 Å². The average Bonchev–Trinajstić information content (AvgIpc) is 2.31. The van der Waals surface area contributed by atoms with Crippen molar-refractivity contribution in [2.45, 2.75) is 32.6 Å². The molecule has 0 saturated carbocycles. The van der Waals surface area contributed by atoms with E-state index in [1.54, 1.807) is 5.70 Å². The topological polar surface area (TPSA) is 3.24 Å². The second kappa shape index (κ2) is 3.65. The molecule has 0 aliphatic carbocycles. The van der Waals surface area contributed by atoms with E-state index < -0.39 is 0 Å². The number of hydrogen-bond acceptors (Lipinski definition) is 1. The van der Waals surface area contributed by atoms with Gasteiger partial charge in [-0.15, -0.1) is 0 Å². The fraction of sp³-hybridized carbons (Fsp3) is 0.778. The van der Waals surface area contributed by atoms with E-state index in [1.807, 2.05) is 0 Å². The van der Waals surface area contributed by atoms with Gasteiger partial charge in [-0.05, 0) is 19.3 Å². The van der Waals surface area contributed by atoms with Gasteiger partial charge in [0.2, 0.25) is 0 Å². The molecule has 1 saturated heterocycles. The average molecular weight is 139 g/mol. The van der Waals surface area contributed by atoms with E-state index in [1.165, 1.54) is 32.2 Å². The lowest BCUT2D eigenvalue weighted by Crippen LogP contribution is -2.09. The van der Waals surface area contributed by atoms with Gasteiger partial charge in [-0.1, -0.05) is 19.4 Å². The third-order valence-electron chi connectivity index (χ3n) is 2.09. The zero-order valence-electron chi connectivity index (χ0n) is 7.06. The molecule has 1 fully saturated rings. The summed E-state index contributed by atoms with van der Waals surface area (Å²) in [6.45, 7) is 3.49. The first-order valence-electron chi connectivity index (χ1n) is 4.24. The zero-order chi connectivity index (χ0) is 7.40. The lowest BCUT2D eigenvalue weighted by atomic mass is 10.2. The standard InChI is InChI=1S/C9H17N/c1-3-4-6-9-7-5-8-10(9)2/h6H,3-5,7-8H2,1-2H3. The number of allylic oxidation sites excluding steroid dienone is 2. The third kappa shape index (κ3) is 1.76. The van der Waals surface area contributed by atoms with Crippen LogP contribution in [0.25, 0.3) is 0 Å². The summed E-state index contributed by atoms with van der Waals surface area (Å²) in [4.78, 5) is 2.37. The second-order valence-electron chi connectivity index (χ2n) is 3.01. The Balaban J connectivity index is 2.38.